The van der Waals surface area contributed by atoms with Crippen molar-refractivity contribution in [3.63, 3.8) is 0 Å². The highest BCUT2D eigenvalue weighted by Gasteiger charge is 2.41. The van der Waals surface area contributed by atoms with Crippen LogP contribution in [0.2, 0.25) is 0 Å². The van der Waals surface area contributed by atoms with Gasteiger partial charge in [-0.3, -0.25) is 0 Å². The third-order valence-corrected chi connectivity index (χ3v) is 8.34. The number of hydrogen-bond donors (Lipinski definition) is 1. The lowest BCUT2D eigenvalue weighted by Gasteiger charge is -2.47. The number of fused-ring (bicyclic) bond motifs is 5. The molecule has 1 N–H and O–H groups in total. The van der Waals surface area contributed by atoms with E-state index in [4.69, 9.17) is 14.4 Å². The zero-order valence-electron chi connectivity index (χ0n) is 19.2. The number of rotatable bonds is 4. The minimum absolute atomic E-state index is 0.685. The van der Waals surface area contributed by atoms with Gasteiger partial charge in [0.1, 0.15) is 23.3 Å². The predicted octanol–water partition coefficient (Wildman–Crippen LogP) is 6.44. The molecule has 3 fully saturated rings. The predicted molar refractivity (Wildman–Crippen MR) is 132 cm³/mol. The highest BCUT2D eigenvalue weighted by atomic mass is 16.3. The molecule has 8 rings (SSSR count). The molecule has 3 saturated carbocycles. The Morgan fingerprint density at radius 1 is 1.03 bits per heavy atom. The molecule has 0 saturated heterocycles. The second-order valence-electron chi connectivity index (χ2n) is 10.1. The van der Waals surface area contributed by atoms with Crippen molar-refractivity contribution in [1.29, 1.82) is 0 Å². The molecule has 2 atom stereocenters. The number of H-pyrrole nitrogens is 1. The van der Waals surface area contributed by atoms with E-state index < -0.39 is 0 Å². The van der Waals surface area contributed by atoms with Crippen molar-refractivity contribution in [3.8, 4) is 22.8 Å². The Labute approximate surface area is 197 Å². The van der Waals surface area contributed by atoms with Gasteiger partial charge >= 0.3 is 0 Å². The molecule has 5 aromatic rings. The van der Waals surface area contributed by atoms with Gasteiger partial charge in [0.15, 0.2) is 11.6 Å². The van der Waals surface area contributed by atoms with E-state index in [0.717, 1.165) is 68.9 Å². The summed E-state index contributed by atoms with van der Waals surface area (Å²) in [6.07, 6.45) is 11.8. The second-order valence-corrected chi connectivity index (χ2v) is 10.1. The number of hydrogen-bond acceptors (Lipinski definition) is 5. The molecule has 3 aliphatic carbocycles. The molecule has 0 aliphatic heterocycles. The Kier molecular flexibility index (Phi) is 4.54. The van der Waals surface area contributed by atoms with Crippen LogP contribution < -0.4 is 0 Å². The largest absolute Gasteiger partial charge is 0.454 e. The van der Waals surface area contributed by atoms with E-state index in [9.17, 15) is 0 Å². The third-order valence-electron chi connectivity index (χ3n) is 8.34. The first-order valence-electron chi connectivity index (χ1n) is 12.4. The summed E-state index contributed by atoms with van der Waals surface area (Å²) >= 11 is 0. The van der Waals surface area contributed by atoms with Crippen LogP contribution in [-0.2, 0) is 6.42 Å². The molecular formula is C28H27N5O. The smallest absolute Gasteiger partial charge is 0.162 e. The van der Waals surface area contributed by atoms with Gasteiger partial charge in [0.05, 0.1) is 0 Å². The van der Waals surface area contributed by atoms with Crippen LogP contribution in [0, 0.1) is 23.7 Å². The van der Waals surface area contributed by atoms with Crippen LogP contribution >= 0.6 is 0 Å². The highest BCUT2D eigenvalue weighted by Crippen LogP contribution is 2.49. The van der Waals surface area contributed by atoms with Gasteiger partial charge in [-0.05, 0) is 74.0 Å². The number of aromatic nitrogens is 5. The molecular weight excluding hydrogens is 422 g/mol. The molecule has 4 heterocycles. The van der Waals surface area contributed by atoms with Crippen molar-refractivity contribution >= 4 is 22.0 Å². The summed E-state index contributed by atoms with van der Waals surface area (Å²) in [4.78, 5) is 21.9. The van der Waals surface area contributed by atoms with Gasteiger partial charge in [-0.25, -0.2) is 19.9 Å². The molecule has 0 radical (unpaired) electrons. The summed E-state index contributed by atoms with van der Waals surface area (Å²) in [6, 6.07) is 12.3. The van der Waals surface area contributed by atoms with Crippen LogP contribution in [0.25, 0.3) is 44.8 Å². The van der Waals surface area contributed by atoms with Crippen molar-refractivity contribution in [2.24, 2.45) is 23.7 Å². The SMILES string of the molecule is CC1C2CCC(CC2)C1Cc1cc(-c2cc3ccccc3o2)nc(-c2c[nH]c3ncncc23)n1. The van der Waals surface area contributed by atoms with E-state index in [-0.39, 0.29) is 0 Å². The van der Waals surface area contributed by atoms with E-state index in [1.54, 1.807) is 6.33 Å². The minimum Gasteiger partial charge on any atom is -0.454 e. The van der Waals surface area contributed by atoms with Gasteiger partial charge in [0, 0.05) is 34.4 Å². The fourth-order valence-electron chi connectivity index (χ4n) is 6.47. The van der Waals surface area contributed by atoms with Crippen molar-refractivity contribution in [2.45, 2.75) is 39.0 Å². The van der Waals surface area contributed by atoms with Crippen molar-refractivity contribution in [1.82, 2.24) is 24.9 Å². The second kappa shape index (κ2) is 7.76. The van der Waals surface area contributed by atoms with E-state index >= 15 is 0 Å². The van der Waals surface area contributed by atoms with Crippen LogP contribution in [0.5, 0.6) is 0 Å². The van der Waals surface area contributed by atoms with Gasteiger partial charge in [-0.1, -0.05) is 25.1 Å². The molecule has 2 unspecified atom stereocenters. The monoisotopic (exact) mass is 449 g/mol. The summed E-state index contributed by atoms with van der Waals surface area (Å²) < 4.78 is 6.21. The molecule has 6 nitrogen and oxygen atoms in total. The number of nitrogens with one attached hydrogen (secondary N) is 1. The summed E-state index contributed by atoms with van der Waals surface area (Å²) in [5.74, 6) is 4.60. The van der Waals surface area contributed by atoms with Gasteiger partial charge in [0.25, 0.3) is 0 Å². The Balaban J connectivity index is 1.35. The fraction of sp³-hybridized carbons (Fsp3) is 0.357. The first-order valence-corrected chi connectivity index (χ1v) is 12.4. The molecule has 0 amide bonds. The summed E-state index contributed by atoms with van der Waals surface area (Å²) in [6.45, 7) is 2.46. The van der Waals surface area contributed by atoms with Gasteiger partial charge in [0.2, 0.25) is 0 Å². The van der Waals surface area contributed by atoms with Gasteiger partial charge < -0.3 is 9.40 Å². The third kappa shape index (κ3) is 3.23. The van der Waals surface area contributed by atoms with E-state index in [1.165, 1.54) is 25.7 Å². The zero-order chi connectivity index (χ0) is 22.6. The number of nitrogens with zero attached hydrogens (tertiary/aromatic N) is 4. The molecule has 6 heteroatoms. The fourth-order valence-corrected chi connectivity index (χ4v) is 6.47. The Morgan fingerprint density at radius 2 is 1.88 bits per heavy atom. The van der Waals surface area contributed by atoms with Crippen LogP contribution in [0.4, 0.5) is 0 Å². The summed E-state index contributed by atoms with van der Waals surface area (Å²) in [5, 5.41) is 2.01. The molecule has 1 aromatic carbocycles. The quantitative estimate of drug-likeness (QED) is 0.341. The molecule has 3 aliphatic rings. The van der Waals surface area contributed by atoms with E-state index in [0.29, 0.717) is 11.7 Å². The molecule has 0 spiro atoms. The number of para-hydroxylation sites is 1. The van der Waals surface area contributed by atoms with E-state index in [1.807, 2.05) is 30.6 Å². The van der Waals surface area contributed by atoms with Crippen molar-refractivity contribution in [3.05, 3.63) is 60.8 Å². The lowest BCUT2D eigenvalue weighted by atomic mass is 9.58. The standard InChI is InChI=1S/C28H27N5O/c1-16-17-6-8-18(9-7-17)21(16)11-20-12-24(26-10-19-4-2-3-5-25(19)34-26)33-28(32-20)23-14-30-27-22(23)13-29-15-31-27/h2-5,10,12-18,21H,6-9,11H2,1H3,(H,29,30,31). The number of furan rings is 1. The average molecular weight is 450 g/mol. The van der Waals surface area contributed by atoms with Crippen LogP contribution in [0.15, 0.2) is 59.5 Å². The summed E-state index contributed by atoms with van der Waals surface area (Å²) in [7, 11) is 0. The lowest BCUT2D eigenvalue weighted by molar-refractivity contribution is 0.0339. The number of aromatic amines is 1. The maximum absolute atomic E-state index is 6.21. The maximum atomic E-state index is 6.21. The lowest BCUT2D eigenvalue weighted by Crippen LogP contribution is -2.39. The normalized spacial score (nSPS) is 24.3. The van der Waals surface area contributed by atoms with Gasteiger partial charge in [-0.2, -0.15) is 0 Å². The highest BCUT2D eigenvalue weighted by molar-refractivity contribution is 5.91. The van der Waals surface area contributed by atoms with Crippen molar-refractivity contribution in [2.75, 3.05) is 0 Å². The number of benzene rings is 1. The average Bonchev–Trinajstić information content (AvgIpc) is 3.51. The maximum Gasteiger partial charge on any atom is 0.162 e. The topological polar surface area (TPSA) is 80.5 Å². The van der Waals surface area contributed by atoms with Gasteiger partial charge in [-0.15, -0.1) is 0 Å². The molecule has 2 bridgehead atoms. The zero-order valence-corrected chi connectivity index (χ0v) is 19.2. The van der Waals surface area contributed by atoms with Crippen LogP contribution in [-0.4, -0.2) is 24.9 Å². The molecule has 170 valence electrons. The Bertz CT molecular complexity index is 1460. The Morgan fingerprint density at radius 3 is 2.74 bits per heavy atom. The van der Waals surface area contributed by atoms with Crippen molar-refractivity contribution < 1.29 is 4.42 Å². The van der Waals surface area contributed by atoms with Crippen LogP contribution in [0.3, 0.4) is 0 Å². The minimum atomic E-state index is 0.685. The molecule has 4 aromatic heterocycles. The van der Waals surface area contributed by atoms with E-state index in [2.05, 4.69) is 40.1 Å². The summed E-state index contributed by atoms with van der Waals surface area (Å²) in [5.41, 5.74) is 4.51. The molecule has 34 heavy (non-hydrogen) atoms. The Hall–Kier alpha value is -3.54. The first kappa shape index (κ1) is 19.9. The van der Waals surface area contributed by atoms with Crippen LogP contribution in [0.1, 0.15) is 38.3 Å². The first-order chi connectivity index (χ1) is 16.7.